The standard InChI is InChI=1S/C22H30N6O2/c1-4-12-28-22(30)27-13-11-16(6-9-19(27)26-28)23-20(29)10-8-18-24-17-7-5-14(2)15(3)21(17)25-18/h5,7,16H,4,6,8-13H2,1-3H3,(H,23,29)(H,24,25). The Morgan fingerprint density at radius 2 is 2.13 bits per heavy atom. The lowest BCUT2D eigenvalue weighted by Gasteiger charge is -2.15. The van der Waals surface area contributed by atoms with Gasteiger partial charge in [0.25, 0.3) is 0 Å². The van der Waals surface area contributed by atoms with Crippen LogP contribution in [0.4, 0.5) is 0 Å². The summed E-state index contributed by atoms with van der Waals surface area (Å²) < 4.78 is 3.32. The van der Waals surface area contributed by atoms with Crippen LogP contribution >= 0.6 is 0 Å². The van der Waals surface area contributed by atoms with Crippen LogP contribution in [-0.2, 0) is 30.7 Å². The maximum atomic E-state index is 12.5. The summed E-state index contributed by atoms with van der Waals surface area (Å²) in [7, 11) is 0. The second-order valence-electron chi connectivity index (χ2n) is 8.25. The van der Waals surface area contributed by atoms with E-state index < -0.39 is 0 Å². The molecule has 30 heavy (non-hydrogen) atoms. The molecule has 0 aliphatic carbocycles. The summed E-state index contributed by atoms with van der Waals surface area (Å²) in [5.74, 6) is 1.70. The highest BCUT2D eigenvalue weighted by atomic mass is 16.2. The highest BCUT2D eigenvalue weighted by Crippen LogP contribution is 2.20. The molecule has 0 saturated carbocycles. The number of aromatic amines is 1. The molecule has 0 fully saturated rings. The average molecular weight is 411 g/mol. The van der Waals surface area contributed by atoms with Crippen LogP contribution in [0.15, 0.2) is 16.9 Å². The van der Waals surface area contributed by atoms with Gasteiger partial charge in [-0.2, -0.15) is 5.10 Å². The van der Waals surface area contributed by atoms with Gasteiger partial charge in [-0.15, -0.1) is 0 Å². The first-order valence-electron chi connectivity index (χ1n) is 10.9. The van der Waals surface area contributed by atoms with E-state index in [9.17, 15) is 9.59 Å². The van der Waals surface area contributed by atoms with Crippen LogP contribution in [0.2, 0.25) is 0 Å². The van der Waals surface area contributed by atoms with Crippen LogP contribution in [0.3, 0.4) is 0 Å². The highest BCUT2D eigenvalue weighted by Gasteiger charge is 2.22. The van der Waals surface area contributed by atoms with Gasteiger partial charge in [-0.25, -0.2) is 14.5 Å². The Kier molecular flexibility index (Phi) is 5.74. The van der Waals surface area contributed by atoms with Gasteiger partial charge in [-0.05, 0) is 50.3 Å². The fraction of sp³-hybridized carbons (Fsp3) is 0.545. The summed E-state index contributed by atoms with van der Waals surface area (Å²) in [4.78, 5) is 32.9. The minimum absolute atomic E-state index is 0.0243. The van der Waals surface area contributed by atoms with Gasteiger partial charge in [0, 0.05) is 38.4 Å². The maximum absolute atomic E-state index is 12.5. The summed E-state index contributed by atoms with van der Waals surface area (Å²) >= 11 is 0. The molecular weight excluding hydrogens is 380 g/mol. The zero-order chi connectivity index (χ0) is 21.3. The number of amides is 1. The molecule has 1 aliphatic heterocycles. The Labute approximate surface area is 175 Å². The molecule has 3 heterocycles. The van der Waals surface area contributed by atoms with Crippen LogP contribution in [0, 0.1) is 13.8 Å². The van der Waals surface area contributed by atoms with Crippen molar-refractivity contribution in [3.05, 3.63) is 45.4 Å². The van der Waals surface area contributed by atoms with E-state index in [-0.39, 0.29) is 17.6 Å². The van der Waals surface area contributed by atoms with Crippen molar-refractivity contribution in [2.24, 2.45) is 0 Å². The lowest BCUT2D eigenvalue weighted by Crippen LogP contribution is -2.36. The van der Waals surface area contributed by atoms with Gasteiger partial charge in [0.05, 0.1) is 11.0 Å². The predicted octanol–water partition coefficient (Wildman–Crippen LogP) is 2.40. The Bertz CT molecular complexity index is 1120. The molecule has 1 aromatic carbocycles. The number of benzene rings is 1. The van der Waals surface area contributed by atoms with Crippen molar-refractivity contribution in [3.63, 3.8) is 0 Å². The molecule has 160 valence electrons. The minimum Gasteiger partial charge on any atom is -0.353 e. The van der Waals surface area contributed by atoms with Crippen molar-refractivity contribution in [1.29, 1.82) is 0 Å². The lowest BCUT2D eigenvalue weighted by atomic mass is 10.1. The number of carbonyl (C=O) groups is 1. The van der Waals surface area contributed by atoms with E-state index >= 15 is 0 Å². The quantitative estimate of drug-likeness (QED) is 0.652. The fourth-order valence-electron chi connectivity index (χ4n) is 4.14. The van der Waals surface area contributed by atoms with Crippen molar-refractivity contribution >= 4 is 16.9 Å². The van der Waals surface area contributed by atoms with Crippen molar-refractivity contribution in [2.75, 3.05) is 0 Å². The molecule has 1 aliphatic rings. The number of imidazole rings is 1. The number of hydrogen-bond acceptors (Lipinski definition) is 4. The van der Waals surface area contributed by atoms with Gasteiger partial charge >= 0.3 is 5.69 Å². The van der Waals surface area contributed by atoms with Gasteiger partial charge in [-0.1, -0.05) is 13.0 Å². The molecule has 4 rings (SSSR count). The molecule has 0 spiro atoms. The van der Waals surface area contributed by atoms with Crippen molar-refractivity contribution in [2.45, 2.75) is 78.4 Å². The minimum atomic E-state index is -0.0331. The first kappa shape index (κ1) is 20.4. The monoisotopic (exact) mass is 410 g/mol. The molecule has 1 amide bonds. The third-order valence-electron chi connectivity index (χ3n) is 6.03. The Hall–Kier alpha value is -2.90. The number of aryl methyl sites for hydroxylation is 5. The number of H-pyrrole nitrogens is 1. The molecule has 0 radical (unpaired) electrons. The predicted molar refractivity (Wildman–Crippen MR) is 116 cm³/mol. The highest BCUT2D eigenvalue weighted by molar-refractivity contribution is 5.80. The summed E-state index contributed by atoms with van der Waals surface area (Å²) in [6.07, 6.45) is 4.12. The Balaban J connectivity index is 1.32. The summed E-state index contributed by atoms with van der Waals surface area (Å²) in [5.41, 5.74) is 4.36. The Morgan fingerprint density at radius 3 is 2.93 bits per heavy atom. The summed E-state index contributed by atoms with van der Waals surface area (Å²) in [6.45, 7) is 7.44. The second-order valence-corrected chi connectivity index (χ2v) is 8.25. The smallest absolute Gasteiger partial charge is 0.345 e. The largest absolute Gasteiger partial charge is 0.353 e. The first-order valence-corrected chi connectivity index (χ1v) is 10.9. The van der Waals surface area contributed by atoms with Crippen molar-refractivity contribution in [3.8, 4) is 0 Å². The van der Waals surface area contributed by atoms with E-state index in [1.54, 1.807) is 9.25 Å². The molecular formula is C22H30N6O2. The number of fused-ring (bicyclic) bond motifs is 2. The topological polar surface area (TPSA) is 97.6 Å². The number of aromatic nitrogens is 5. The van der Waals surface area contributed by atoms with Crippen LogP contribution in [0.25, 0.3) is 11.0 Å². The number of nitrogens with zero attached hydrogens (tertiary/aromatic N) is 4. The third-order valence-corrected chi connectivity index (χ3v) is 6.03. The number of carbonyl (C=O) groups excluding carboxylic acids is 1. The molecule has 8 nitrogen and oxygen atoms in total. The van der Waals surface area contributed by atoms with Gasteiger partial charge < -0.3 is 10.3 Å². The first-order chi connectivity index (χ1) is 14.5. The molecule has 1 unspecified atom stereocenters. The zero-order valence-corrected chi connectivity index (χ0v) is 18.0. The van der Waals surface area contributed by atoms with Gasteiger partial charge in [0.2, 0.25) is 5.91 Å². The van der Waals surface area contributed by atoms with Crippen LogP contribution in [0.1, 0.15) is 55.4 Å². The van der Waals surface area contributed by atoms with Gasteiger partial charge in [0.15, 0.2) is 0 Å². The zero-order valence-electron chi connectivity index (χ0n) is 18.0. The second kappa shape index (κ2) is 8.45. The molecule has 3 aromatic rings. The van der Waals surface area contributed by atoms with E-state index in [0.29, 0.717) is 32.4 Å². The normalized spacial score (nSPS) is 16.4. The summed E-state index contributed by atoms with van der Waals surface area (Å²) in [5, 5.41) is 7.60. The summed E-state index contributed by atoms with van der Waals surface area (Å²) in [6, 6.07) is 4.19. The van der Waals surface area contributed by atoms with Gasteiger partial charge in [-0.3, -0.25) is 9.36 Å². The molecule has 2 N–H and O–H groups in total. The number of nitrogens with one attached hydrogen (secondary N) is 2. The van der Waals surface area contributed by atoms with Gasteiger partial charge in [0.1, 0.15) is 11.6 Å². The van der Waals surface area contributed by atoms with Crippen LogP contribution in [0.5, 0.6) is 0 Å². The molecule has 8 heteroatoms. The number of rotatable bonds is 6. The fourth-order valence-corrected chi connectivity index (χ4v) is 4.14. The maximum Gasteiger partial charge on any atom is 0.345 e. The van der Waals surface area contributed by atoms with Crippen LogP contribution < -0.4 is 11.0 Å². The SMILES string of the molecule is CCCn1nc2n(c1=O)CCC(NC(=O)CCc1nc3c(C)c(C)ccc3[nH]1)CC2. The molecule has 2 aromatic heterocycles. The Morgan fingerprint density at radius 1 is 1.30 bits per heavy atom. The molecule has 0 bridgehead atoms. The number of hydrogen-bond donors (Lipinski definition) is 2. The van der Waals surface area contributed by atoms with E-state index in [1.165, 1.54) is 11.1 Å². The van der Waals surface area contributed by atoms with Crippen molar-refractivity contribution in [1.82, 2.24) is 29.6 Å². The average Bonchev–Trinajstić information content (AvgIpc) is 3.20. The lowest BCUT2D eigenvalue weighted by molar-refractivity contribution is -0.121. The van der Waals surface area contributed by atoms with E-state index in [2.05, 4.69) is 40.3 Å². The van der Waals surface area contributed by atoms with E-state index in [0.717, 1.165) is 41.9 Å². The van der Waals surface area contributed by atoms with E-state index in [1.807, 2.05) is 13.0 Å². The molecule has 1 atom stereocenters. The van der Waals surface area contributed by atoms with E-state index in [4.69, 9.17) is 0 Å². The van der Waals surface area contributed by atoms with Crippen LogP contribution in [-0.4, -0.2) is 36.3 Å². The molecule has 0 saturated heterocycles. The van der Waals surface area contributed by atoms with Crippen molar-refractivity contribution < 1.29 is 4.79 Å². The third kappa shape index (κ3) is 4.04.